The standard InChI is InChI=1S/C10H19N3/c1-3-4-10(9-11)13-7-5-12(2)6-8-13/h4,9,11H,3,5-8H2,1-2H3/b10-4+,11-9?. The zero-order chi connectivity index (χ0) is 9.68. The van der Waals surface area contributed by atoms with Gasteiger partial charge in [-0.2, -0.15) is 0 Å². The maximum atomic E-state index is 7.30. The van der Waals surface area contributed by atoms with Gasteiger partial charge in [-0.25, -0.2) is 0 Å². The fourth-order valence-electron chi connectivity index (χ4n) is 1.55. The first-order chi connectivity index (χ1) is 6.27. The zero-order valence-corrected chi connectivity index (χ0v) is 8.58. The number of nitrogens with zero attached hydrogens (tertiary/aromatic N) is 2. The Labute approximate surface area is 80.5 Å². The van der Waals surface area contributed by atoms with Crippen LogP contribution in [0.1, 0.15) is 13.3 Å². The lowest BCUT2D eigenvalue weighted by molar-refractivity contribution is 0.192. The number of hydrogen-bond acceptors (Lipinski definition) is 3. The summed E-state index contributed by atoms with van der Waals surface area (Å²) < 4.78 is 0. The van der Waals surface area contributed by atoms with Gasteiger partial charge in [0.05, 0.1) is 5.70 Å². The Balaban J connectivity index is 2.51. The second-order valence-electron chi connectivity index (χ2n) is 3.47. The van der Waals surface area contributed by atoms with E-state index < -0.39 is 0 Å². The molecule has 0 amide bonds. The van der Waals surface area contributed by atoms with E-state index in [1.54, 1.807) is 0 Å². The van der Waals surface area contributed by atoms with Crippen molar-refractivity contribution in [1.82, 2.24) is 9.80 Å². The molecule has 0 aromatic carbocycles. The molecule has 0 spiro atoms. The molecule has 0 aliphatic carbocycles. The van der Waals surface area contributed by atoms with Gasteiger partial charge in [0.25, 0.3) is 0 Å². The summed E-state index contributed by atoms with van der Waals surface area (Å²) >= 11 is 0. The third-order valence-corrected chi connectivity index (χ3v) is 2.43. The maximum absolute atomic E-state index is 7.30. The second-order valence-corrected chi connectivity index (χ2v) is 3.47. The molecule has 0 saturated carbocycles. The molecule has 0 aromatic rings. The van der Waals surface area contributed by atoms with E-state index in [9.17, 15) is 0 Å². The summed E-state index contributed by atoms with van der Waals surface area (Å²) in [4.78, 5) is 4.61. The molecule has 0 bridgehead atoms. The summed E-state index contributed by atoms with van der Waals surface area (Å²) in [6.07, 6.45) is 4.60. The van der Waals surface area contributed by atoms with Crippen LogP contribution >= 0.6 is 0 Å². The molecule has 1 N–H and O–H groups in total. The molecule has 13 heavy (non-hydrogen) atoms. The Kier molecular flexibility index (Phi) is 3.96. The first-order valence-corrected chi connectivity index (χ1v) is 4.92. The van der Waals surface area contributed by atoms with Crippen LogP contribution in [-0.4, -0.2) is 49.2 Å². The average Bonchev–Trinajstić information content (AvgIpc) is 2.16. The van der Waals surface area contributed by atoms with Gasteiger partial charge in [0.1, 0.15) is 0 Å². The van der Waals surface area contributed by atoms with Crippen LogP contribution in [0.5, 0.6) is 0 Å². The SMILES string of the molecule is CC/C=C(\C=N)N1CCN(C)CC1. The third kappa shape index (κ3) is 2.84. The summed E-state index contributed by atoms with van der Waals surface area (Å²) in [6.45, 7) is 6.43. The monoisotopic (exact) mass is 181 g/mol. The smallest absolute Gasteiger partial charge is 0.0505 e. The van der Waals surface area contributed by atoms with Gasteiger partial charge in [-0.1, -0.05) is 13.0 Å². The Morgan fingerprint density at radius 1 is 1.31 bits per heavy atom. The summed E-state index contributed by atoms with van der Waals surface area (Å²) in [6, 6.07) is 0. The van der Waals surface area contributed by atoms with Gasteiger partial charge < -0.3 is 15.2 Å². The molecule has 74 valence electrons. The van der Waals surface area contributed by atoms with E-state index >= 15 is 0 Å². The fourth-order valence-corrected chi connectivity index (χ4v) is 1.55. The van der Waals surface area contributed by atoms with Crippen LogP contribution in [0.4, 0.5) is 0 Å². The first-order valence-electron chi connectivity index (χ1n) is 4.92. The van der Waals surface area contributed by atoms with Gasteiger partial charge in [0, 0.05) is 32.4 Å². The molecule has 0 radical (unpaired) electrons. The largest absolute Gasteiger partial charge is 0.368 e. The second kappa shape index (κ2) is 5.02. The van der Waals surface area contributed by atoms with E-state index in [1.165, 1.54) is 6.21 Å². The molecule has 1 heterocycles. The highest BCUT2D eigenvalue weighted by Gasteiger charge is 2.14. The van der Waals surface area contributed by atoms with Crippen molar-refractivity contribution in [1.29, 1.82) is 5.41 Å². The van der Waals surface area contributed by atoms with Crippen molar-refractivity contribution in [2.75, 3.05) is 33.2 Å². The molecule has 3 heteroatoms. The first kappa shape index (κ1) is 10.3. The Bertz CT molecular complexity index is 190. The van der Waals surface area contributed by atoms with Crippen LogP contribution in [0, 0.1) is 5.41 Å². The van der Waals surface area contributed by atoms with Gasteiger partial charge in [-0.05, 0) is 13.5 Å². The van der Waals surface area contributed by atoms with Gasteiger partial charge in [-0.15, -0.1) is 0 Å². The predicted molar refractivity (Wildman–Crippen MR) is 56.2 cm³/mol. The minimum absolute atomic E-state index is 1.01. The summed E-state index contributed by atoms with van der Waals surface area (Å²) in [7, 11) is 2.14. The molecular weight excluding hydrogens is 162 g/mol. The predicted octanol–water partition coefficient (Wildman–Crippen LogP) is 1.18. The van der Waals surface area contributed by atoms with Crippen LogP contribution in [0.15, 0.2) is 11.8 Å². The highest BCUT2D eigenvalue weighted by atomic mass is 15.2. The fraction of sp³-hybridized carbons (Fsp3) is 0.700. The average molecular weight is 181 g/mol. The molecule has 0 atom stereocenters. The molecular formula is C10H19N3. The normalized spacial score (nSPS) is 20.5. The summed E-state index contributed by atoms with van der Waals surface area (Å²) in [5, 5.41) is 7.30. The lowest BCUT2D eigenvalue weighted by atomic mass is 10.2. The summed E-state index contributed by atoms with van der Waals surface area (Å²) in [5.41, 5.74) is 1.08. The van der Waals surface area contributed by atoms with Gasteiger partial charge in [-0.3, -0.25) is 0 Å². The van der Waals surface area contributed by atoms with Gasteiger partial charge >= 0.3 is 0 Å². The number of hydrogen-bond donors (Lipinski definition) is 1. The van der Waals surface area contributed by atoms with E-state index in [4.69, 9.17) is 5.41 Å². The van der Waals surface area contributed by atoms with Crippen LogP contribution in [-0.2, 0) is 0 Å². The summed E-state index contributed by atoms with van der Waals surface area (Å²) in [5.74, 6) is 0. The molecule has 1 aliphatic rings. The Hall–Kier alpha value is -0.830. The van der Waals surface area contributed by atoms with Crippen molar-refractivity contribution < 1.29 is 0 Å². The van der Waals surface area contributed by atoms with Crippen LogP contribution in [0.25, 0.3) is 0 Å². The molecule has 1 fully saturated rings. The van der Waals surface area contributed by atoms with Crippen LogP contribution < -0.4 is 0 Å². The number of likely N-dealkylation sites (N-methyl/N-ethyl adjacent to an activating group) is 1. The lowest BCUT2D eigenvalue weighted by Gasteiger charge is -2.34. The Morgan fingerprint density at radius 3 is 2.38 bits per heavy atom. The lowest BCUT2D eigenvalue weighted by Crippen LogP contribution is -2.44. The molecule has 0 unspecified atom stereocenters. The molecule has 1 saturated heterocycles. The van der Waals surface area contributed by atoms with Crippen LogP contribution in [0.2, 0.25) is 0 Å². The maximum Gasteiger partial charge on any atom is 0.0505 e. The number of rotatable bonds is 3. The van der Waals surface area contributed by atoms with E-state index in [2.05, 4.69) is 29.8 Å². The van der Waals surface area contributed by atoms with Crippen molar-refractivity contribution in [2.24, 2.45) is 0 Å². The van der Waals surface area contributed by atoms with Crippen LogP contribution in [0.3, 0.4) is 0 Å². The van der Waals surface area contributed by atoms with Gasteiger partial charge in [0.15, 0.2) is 0 Å². The molecule has 1 rings (SSSR count). The van der Waals surface area contributed by atoms with E-state index in [-0.39, 0.29) is 0 Å². The van der Waals surface area contributed by atoms with Crippen molar-refractivity contribution in [2.45, 2.75) is 13.3 Å². The number of nitrogens with one attached hydrogen (secondary N) is 1. The minimum Gasteiger partial charge on any atom is -0.368 e. The quantitative estimate of drug-likeness (QED) is 0.663. The van der Waals surface area contributed by atoms with E-state index in [0.29, 0.717) is 0 Å². The van der Waals surface area contributed by atoms with Crippen molar-refractivity contribution in [3.8, 4) is 0 Å². The van der Waals surface area contributed by atoms with Gasteiger partial charge in [0.2, 0.25) is 0 Å². The topological polar surface area (TPSA) is 30.3 Å². The van der Waals surface area contributed by atoms with E-state index in [0.717, 1.165) is 38.3 Å². The molecule has 3 nitrogen and oxygen atoms in total. The highest BCUT2D eigenvalue weighted by Crippen LogP contribution is 2.07. The third-order valence-electron chi connectivity index (χ3n) is 2.43. The zero-order valence-electron chi connectivity index (χ0n) is 8.58. The van der Waals surface area contributed by atoms with Crippen molar-refractivity contribution in [3.63, 3.8) is 0 Å². The minimum atomic E-state index is 1.01. The molecule has 1 aliphatic heterocycles. The van der Waals surface area contributed by atoms with Crippen molar-refractivity contribution in [3.05, 3.63) is 11.8 Å². The number of allylic oxidation sites excluding steroid dienone is 2. The molecule has 0 aromatic heterocycles. The van der Waals surface area contributed by atoms with E-state index in [1.807, 2.05) is 0 Å². The number of piperazine rings is 1. The highest BCUT2D eigenvalue weighted by molar-refractivity contribution is 5.74. The van der Waals surface area contributed by atoms with Crippen molar-refractivity contribution >= 4 is 6.21 Å². The Morgan fingerprint density at radius 2 is 1.92 bits per heavy atom.